The molecule has 0 saturated carbocycles. The van der Waals surface area contributed by atoms with E-state index in [1.807, 2.05) is 38.4 Å². The molecule has 0 unspecified atom stereocenters. The summed E-state index contributed by atoms with van der Waals surface area (Å²) in [6, 6.07) is 13.4. The van der Waals surface area contributed by atoms with E-state index >= 15 is 4.39 Å². The second-order valence-corrected chi connectivity index (χ2v) is 11.1. The Hall–Kier alpha value is -3.20. The third-order valence-electron chi connectivity index (χ3n) is 7.56. The topological polar surface area (TPSA) is 76.5 Å². The highest BCUT2D eigenvalue weighted by Crippen LogP contribution is 2.42. The number of phenols is 1. The van der Waals surface area contributed by atoms with Crippen molar-refractivity contribution in [3.05, 3.63) is 53.3 Å². The van der Waals surface area contributed by atoms with Gasteiger partial charge in [0.15, 0.2) is 5.82 Å². The molecule has 1 aromatic heterocycles. The maximum Gasteiger partial charge on any atom is 0.225 e. The second-order valence-electron chi connectivity index (χ2n) is 10.7. The summed E-state index contributed by atoms with van der Waals surface area (Å²) in [5.41, 5.74) is 0.989. The molecule has 3 heterocycles. The van der Waals surface area contributed by atoms with E-state index in [1.54, 1.807) is 18.2 Å². The Morgan fingerprint density at radius 1 is 1.11 bits per heavy atom. The number of piperazine rings is 1. The molecule has 2 fully saturated rings. The van der Waals surface area contributed by atoms with Gasteiger partial charge in [-0.1, -0.05) is 35.9 Å². The first kappa shape index (κ1) is 25.1. The van der Waals surface area contributed by atoms with Crippen molar-refractivity contribution in [1.29, 1.82) is 0 Å². The number of hydrogen-bond donors (Lipinski definition) is 3. The number of rotatable bonds is 7. The van der Waals surface area contributed by atoms with Crippen molar-refractivity contribution >= 4 is 45.0 Å². The van der Waals surface area contributed by atoms with Crippen molar-refractivity contribution in [2.45, 2.75) is 31.3 Å². The van der Waals surface area contributed by atoms with Crippen LogP contribution >= 0.6 is 11.6 Å². The predicted octanol–water partition coefficient (Wildman–Crippen LogP) is 5.25. The molecule has 2 aliphatic rings. The summed E-state index contributed by atoms with van der Waals surface area (Å²) < 4.78 is 16.5. The Morgan fingerprint density at radius 2 is 1.87 bits per heavy atom. The van der Waals surface area contributed by atoms with Crippen LogP contribution in [0.2, 0.25) is 5.02 Å². The zero-order chi connectivity index (χ0) is 26.4. The van der Waals surface area contributed by atoms with E-state index < -0.39 is 5.82 Å². The molecule has 2 saturated heterocycles. The molecule has 3 N–H and O–H groups in total. The number of benzene rings is 3. The minimum absolute atomic E-state index is 0.0529. The van der Waals surface area contributed by atoms with Gasteiger partial charge in [0.2, 0.25) is 5.95 Å². The average Bonchev–Trinajstić information content (AvgIpc) is 3.23. The largest absolute Gasteiger partial charge is 0.508 e. The van der Waals surface area contributed by atoms with E-state index in [0.29, 0.717) is 41.3 Å². The SMILES string of the molecule is CN(C)CCCNc1nc(N2C[C@H]3CC[C@@H](C2)N3)c2cc(Cl)c(-c3cc(O)cc4ccccc34)c(F)c2n1. The maximum absolute atomic E-state index is 16.5. The van der Waals surface area contributed by atoms with Crippen LogP contribution < -0.4 is 15.5 Å². The lowest BCUT2D eigenvalue weighted by Crippen LogP contribution is -2.51. The van der Waals surface area contributed by atoms with Crippen molar-refractivity contribution < 1.29 is 9.50 Å². The van der Waals surface area contributed by atoms with E-state index in [9.17, 15) is 5.11 Å². The Morgan fingerprint density at radius 3 is 2.63 bits per heavy atom. The molecule has 2 aliphatic heterocycles. The Bertz CT molecular complexity index is 1500. The predicted molar refractivity (Wildman–Crippen MR) is 153 cm³/mol. The number of phenolic OH excluding ortho intramolecular Hbond substituents is 1. The van der Waals surface area contributed by atoms with Crippen LogP contribution in [0.25, 0.3) is 32.8 Å². The lowest BCUT2D eigenvalue weighted by Gasteiger charge is -2.34. The molecule has 2 atom stereocenters. The molecule has 7 nitrogen and oxygen atoms in total. The molecule has 0 amide bonds. The average molecular weight is 535 g/mol. The zero-order valence-corrected chi connectivity index (χ0v) is 22.4. The van der Waals surface area contributed by atoms with Crippen LogP contribution in [0.5, 0.6) is 5.75 Å². The van der Waals surface area contributed by atoms with Gasteiger partial charge in [0, 0.05) is 42.7 Å². The molecular formula is C29H32ClFN6O. The summed E-state index contributed by atoms with van der Waals surface area (Å²) in [6.45, 7) is 3.21. The third-order valence-corrected chi connectivity index (χ3v) is 7.86. The van der Waals surface area contributed by atoms with Gasteiger partial charge in [-0.25, -0.2) is 9.37 Å². The Balaban J connectivity index is 1.50. The number of fused-ring (bicyclic) bond motifs is 4. The number of hydrogen-bond acceptors (Lipinski definition) is 7. The number of halogens is 2. The van der Waals surface area contributed by atoms with Crippen molar-refractivity contribution in [3.8, 4) is 16.9 Å². The fraction of sp³-hybridized carbons (Fsp3) is 0.379. The Kier molecular flexibility index (Phi) is 6.72. The highest BCUT2D eigenvalue weighted by Gasteiger charge is 2.34. The summed E-state index contributed by atoms with van der Waals surface area (Å²) in [6.07, 6.45) is 3.17. The van der Waals surface area contributed by atoms with E-state index in [0.717, 1.165) is 49.7 Å². The van der Waals surface area contributed by atoms with E-state index in [4.69, 9.17) is 16.6 Å². The molecule has 0 radical (unpaired) electrons. The van der Waals surface area contributed by atoms with Crippen LogP contribution in [0.1, 0.15) is 19.3 Å². The zero-order valence-electron chi connectivity index (χ0n) is 21.6. The van der Waals surface area contributed by atoms with Crippen LogP contribution in [0, 0.1) is 5.82 Å². The molecule has 6 rings (SSSR count). The van der Waals surface area contributed by atoms with E-state index in [-0.39, 0.29) is 21.9 Å². The summed E-state index contributed by atoms with van der Waals surface area (Å²) in [7, 11) is 4.07. The molecule has 3 aromatic carbocycles. The minimum Gasteiger partial charge on any atom is -0.508 e. The summed E-state index contributed by atoms with van der Waals surface area (Å²) in [5.74, 6) is 0.653. The van der Waals surface area contributed by atoms with Gasteiger partial charge >= 0.3 is 0 Å². The highest BCUT2D eigenvalue weighted by molar-refractivity contribution is 6.35. The van der Waals surface area contributed by atoms with Crippen LogP contribution in [0.4, 0.5) is 16.2 Å². The quantitative estimate of drug-likeness (QED) is 0.279. The summed E-state index contributed by atoms with van der Waals surface area (Å²) in [4.78, 5) is 13.9. The third kappa shape index (κ3) is 4.72. The van der Waals surface area contributed by atoms with Crippen LogP contribution in [-0.4, -0.2) is 72.3 Å². The molecule has 0 spiro atoms. The number of nitrogens with one attached hydrogen (secondary N) is 2. The van der Waals surface area contributed by atoms with Crippen molar-refractivity contribution in [3.63, 3.8) is 0 Å². The summed E-state index contributed by atoms with van der Waals surface area (Å²) >= 11 is 6.82. The van der Waals surface area contributed by atoms with Gasteiger partial charge < -0.3 is 25.5 Å². The van der Waals surface area contributed by atoms with Gasteiger partial charge in [0.05, 0.1) is 5.02 Å². The van der Waals surface area contributed by atoms with Crippen LogP contribution in [0.15, 0.2) is 42.5 Å². The fourth-order valence-electron chi connectivity index (χ4n) is 5.81. The fourth-order valence-corrected chi connectivity index (χ4v) is 6.11. The minimum atomic E-state index is -0.513. The van der Waals surface area contributed by atoms with E-state index in [1.165, 1.54) is 0 Å². The van der Waals surface area contributed by atoms with Gasteiger partial charge in [-0.2, -0.15) is 4.98 Å². The monoisotopic (exact) mass is 534 g/mol. The second kappa shape index (κ2) is 10.2. The number of anilines is 2. The molecule has 2 bridgehead atoms. The first-order valence-electron chi connectivity index (χ1n) is 13.2. The maximum atomic E-state index is 16.5. The smallest absolute Gasteiger partial charge is 0.225 e. The van der Waals surface area contributed by atoms with Gasteiger partial charge in [-0.3, -0.25) is 0 Å². The molecule has 38 heavy (non-hydrogen) atoms. The van der Waals surface area contributed by atoms with Crippen molar-refractivity contribution in [2.24, 2.45) is 0 Å². The van der Waals surface area contributed by atoms with Crippen LogP contribution in [-0.2, 0) is 0 Å². The standard InChI is InChI=1S/C29H32ClFN6O/c1-36(2)11-5-10-32-29-34-27-23(28(35-29)37-15-18-8-9-19(16-37)33-18)14-24(30)25(26(27)31)22-13-20(38)12-17-6-3-4-7-21(17)22/h3-4,6-7,12-14,18-19,33,38H,5,8-11,15-16H2,1-2H3,(H,32,34,35)/t18-,19+. The van der Waals surface area contributed by atoms with Gasteiger partial charge in [0.25, 0.3) is 0 Å². The molecular weight excluding hydrogens is 503 g/mol. The van der Waals surface area contributed by atoms with Gasteiger partial charge in [-0.05, 0) is 74.4 Å². The van der Waals surface area contributed by atoms with Gasteiger partial charge in [0.1, 0.15) is 17.1 Å². The summed E-state index contributed by atoms with van der Waals surface area (Å²) in [5, 5.41) is 19.9. The molecule has 198 valence electrons. The number of aromatic nitrogens is 2. The Labute approximate surface area is 226 Å². The number of nitrogens with zero attached hydrogens (tertiary/aromatic N) is 4. The first-order valence-corrected chi connectivity index (χ1v) is 13.6. The van der Waals surface area contributed by atoms with Crippen molar-refractivity contribution in [2.75, 3.05) is 50.5 Å². The normalized spacial score (nSPS) is 19.1. The van der Waals surface area contributed by atoms with E-state index in [2.05, 4.69) is 25.4 Å². The number of aromatic hydroxyl groups is 1. The molecule has 9 heteroatoms. The first-order chi connectivity index (χ1) is 18.4. The highest BCUT2D eigenvalue weighted by atomic mass is 35.5. The molecule has 4 aromatic rings. The molecule has 0 aliphatic carbocycles. The van der Waals surface area contributed by atoms with Gasteiger partial charge in [-0.15, -0.1) is 0 Å². The van der Waals surface area contributed by atoms with Crippen LogP contribution in [0.3, 0.4) is 0 Å². The lowest BCUT2D eigenvalue weighted by molar-refractivity contribution is 0.405. The lowest BCUT2D eigenvalue weighted by atomic mass is 9.96. The van der Waals surface area contributed by atoms with Crippen molar-refractivity contribution in [1.82, 2.24) is 20.2 Å².